The molecule has 0 aromatic carbocycles. The topological polar surface area (TPSA) is 40.5 Å². The Morgan fingerprint density at radius 1 is 1.30 bits per heavy atom. The predicted octanol–water partition coefficient (Wildman–Crippen LogP) is 4.47. The molecule has 0 unspecified atom stereocenters. The fourth-order valence-electron chi connectivity index (χ4n) is 6.44. The van der Waals surface area contributed by atoms with Crippen LogP contribution in [0.25, 0.3) is 0 Å². The van der Waals surface area contributed by atoms with Crippen molar-refractivity contribution in [2.24, 2.45) is 28.1 Å². The molecule has 0 amide bonds. The molecular weight excluding hydrogens is 284 g/mol. The quantitative estimate of drug-likeness (QED) is 0.754. The van der Waals surface area contributed by atoms with E-state index in [-0.39, 0.29) is 29.0 Å². The highest BCUT2D eigenvalue weighted by Crippen LogP contribution is 2.64. The van der Waals surface area contributed by atoms with Crippen LogP contribution in [0.2, 0.25) is 0 Å². The van der Waals surface area contributed by atoms with Crippen molar-refractivity contribution in [2.45, 2.75) is 71.8 Å². The number of rotatable bonds is 3. The van der Waals surface area contributed by atoms with Crippen LogP contribution in [0.4, 0.5) is 0 Å². The van der Waals surface area contributed by atoms with E-state index in [1.165, 1.54) is 6.42 Å². The minimum Gasteiger partial charge on any atom is -0.396 e. The second-order valence-corrected chi connectivity index (χ2v) is 9.05. The maximum absolute atomic E-state index is 10.6. The molecule has 130 valence electrons. The SMILES string of the molecule is C=C[C@]1(C)C=C2CC[C@H]3[C@@](CC)(CO)C[C@H](O)C[C@]3(C)[C@H]2CC1. The molecule has 2 fully saturated rings. The Bertz CT molecular complexity index is 504. The summed E-state index contributed by atoms with van der Waals surface area (Å²) in [4.78, 5) is 0. The molecule has 6 atom stereocenters. The Labute approximate surface area is 141 Å². The van der Waals surface area contributed by atoms with E-state index in [1.54, 1.807) is 5.57 Å². The zero-order valence-corrected chi connectivity index (χ0v) is 15.1. The molecule has 2 saturated carbocycles. The van der Waals surface area contributed by atoms with Gasteiger partial charge in [-0.2, -0.15) is 0 Å². The lowest BCUT2D eigenvalue weighted by Gasteiger charge is -2.61. The highest BCUT2D eigenvalue weighted by molar-refractivity contribution is 5.27. The Morgan fingerprint density at radius 2 is 2.04 bits per heavy atom. The number of hydrogen-bond donors (Lipinski definition) is 2. The van der Waals surface area contributed by atoms with E-state index in [1.807, 2.05) is 0 Å². The van der Waals surface area contributed by atoms with Gasteiger partial charge in [0.2, 0.25) is 0 Å². The number of aliphatic hydroxyl groups excluding tert-OH is 2. The molecule has 0 heterocycles. The highest BCUT2D eigenvalue weighted by Gasteiger charge is 2.58. The van der Waals surface area contributed by atoms with Crippen LogP contribution in [-0.2, 0) is 0 Å². The van der Waals surface area contributed by atoms with E-state index in [0.717, 1.165) is 38.5 Å². The van der Waals surface area contributed by atoms with Crippen LogP contribution in [0.15, 0.2) is 24.3 Å². The highest BCUT2D eigenvalue weighted by atomic mass is 16.3. The van der Waals surface area contributed by atoms with Crippen LogP contribution in [0.1, 0.15) is 65.7 Å². The Morgan fingerprint density at radius 3 is 2.65 bits per heavy atom. The van der Waals surface area contributed by atoms with Crippen molar-refractivity contribution in [1.29, 1.82) is 0 Å². The van der Waals surface area contributed by atoms with Crippen molar-refractivity contribution in [3.05, 3.63) is 24.3 Å². The fourth-order valence-corrected chi connectivity index (χ4v) is 6.44. The third-order valence-corrected chi connectivity index (χ3v) is 7.79. The Balaban J connectivity index is 2.00. The lowest BCUT2D eigenvalue weighted by atomic mass is 9.44. The molecule has 3 aliphatic rings. The zero-order valence-electron chi connectivity index (χ0n) is 15.1. The van der Waals surface area contributed by atoms with Gasteiger partial charge in [-0.3, -0.25) is 0 Å². The Kier molecular flexibility index (Phi) is 4.30. The van der Waals surface area contributed by atoms with E-state index < -0.39 is 0 Å². The van der Waals surface area contributed by atoms with Gasteiger partial charge in [0.05, 0.1) is 6.10 Å². The van der Waals surface area contributed by atoms with Gasteiger partial charge in [0.1, 0.15) is 0 Å². The molecule has 0 spiro atoms. The van der Waals surface area contributed by atoms with E-state index in [9.17, 15) is 10.2 Å². The first-order valence-electron chi connectivity index (χ1n) is 9.46. The molecule has 0 aromatic heterocycles. The predicted molar refractivity (Wildman–Crippen MR) is 95.0 cm³/mol. The third-order valence-electron chi connectivity index (χ3n) is 7.79. The van der Waals surface area contributed by atoms with Gasteiger partial charge in [0, 0.05) is 12.0 Å². The minimum atomic E-state index is -0.268. The van der Waals surface area contributed by atoms with Crippen LogP contribution in [0.5, 0.6) is 0 Å². The van der Waals surface area contributed by atoms with Crippen molar-refractivity contribution >= 4 is 0 Å². The van der Waals surface area contributed by atoms with Crippen molar-refractivity contribution in [1.82, 2.24) is 0 Å². The number of allylic oxidation sites excluding steroid dienone is 3. The average Bonchev–Trinajstić information content (AvgIpc) is 2.52. The van der Waals surface area contributed by atoms with Gasteiger partial charge in [-0.1, -0.05) is 38.5 Å². The van der Waals surface area contributed by atoms with E-state index in [4.69, 9.17) is 0 Å². The molecule has 0 aromatic rings. The summed E-state index contributed by atoms with van der Waals surface area (Å²) >= 11 is 0. The van der Waals surface area contributed by atoms with Crippen molar-refractivity contribution in [3.8, 4) is 0 Å². The lowest BCUT2D eigenvalue weighted by molar-refractivity contribution is -0.141. The molecule has 0 radical (unpaired) electrons. The molecule has 0 aliphatic heterocycles. The van der Waals surface area contributed by atoms with E-state index in [0.29, 0.717) is 11.8 Å². The zero-order chi connectivity index (χ0) is 16.9. The summed E-state index contributed by atoms with van der Waals surface area (Å²) < 4.78 is 0. The number of hydrogen-bond acceptors (Lipinski definition) is 2. The van der Waals surface area contributed by atoms with Crippen LogP contribution < -0.4 is 0 Å². The maximum atomic E-state index is 10.6. The van der Waals surface area contributed by atoms with Crippen LogP contribution in [-0.4, -0.2) is 22.9 Å². The molecule has 0 bridgehead atoms. The van der Waals surface area contributed by atoms with Gasteiger partial charge < -0.3 is 10.2 Å². The summed E-state index contributed by atoms with van der Waals surface area (Å²) in [5.41, 5.74) is 1.77. The second kappa shape index (κ2) is 5.74. The smallest absolute Gasteiger partial charge is 0.0552 e. The summed E-state index contributed by atoms with van der Waals surface area (Å²) in [6, 6.07) is 0. The summed E-state index contributed by atoms with van der Waals surface area (Å²) in [6.07, 6.45) is 11.6. The molecule has 0 saturated heterocycles. The monoisotopic (exact) mass is 318 g/mol. The lowest BCUT2D eigenvalue weighted by Crippen LogP contribution is -2.56. The fraction of sp³-hybridized carbons (Fsp3) is 0.810. The molecule has 2 nitrogen and oxygen atoms in total. The van der Waals surface area contributed by atoms with Gasteiger partial charge in [-0.25, -0.2) is 0 Å². The van der Waals surface area contributed by atoms with Gasteiger partial charge >= 0.3 is 0 Å². The minimum absolute atomic E-state index is 0.0862. The van der Waals surface area contributed by atoms with Gasteiger partial charge in [0.25, 0.3) is 0 Å². The summed E-state index contributed by atoms with van der Waals surface area (Å²) in [5.74, 6) is 1.10. The number of fused-ring (bicyclic) bond motifs is 3. The largest absolute Gasteiger partial charge is 0.396 e. The van der Waals surface area contributed by atoms with Gasteiger partial charge in [0.15, 0.2) is 0 Å². The normalized spacial score (nSPS) is 49.8. The molecule has 3 rings (SSSR count). The first kappa shape index (κ1) is 17.2. The maximum Gasteiger partial charge on any atom is 0.0552 e. The van der Waals surface area contributed by atoms with Crippen LogP contribution >= 0.6 is 0 Å². The average molecular weight is 319 g/mol. The van der Waals surface area contributed by atoms with Crippen molar-refractivity contribution in [2.75, 3.05) is 6.61 Å². The van der Waals surface area contributed by atoms with Crippen LogP contribution in [0.3, 0.4) is 0 Å². The first-order chi connectivity index (χ1) is 10.8. The van der Waals surface area contributed by atoms with Crippen molar-refractivity contribution in [3.63, 3.8) is 0 Å². The molecule has 2 heteroatoms. The second-order valence-electron chi connectivity index (χ2n) is 9.05. The summed E-state index contributed by atoms with van der Waals surface area (Å²) in [7, 11) is 0. The molecule has 2 N–H and O–H groups in total. The molecular formula is C21H34O2. The summed E-state index contributed by atoms with van der Waals surface area (Å²) in [6.45, 7) is 11.1. The number of aliphatic hydroxyl groups is 2. The first-order valence-corrected chi connectivity index (χ1v) is 9.46. The third kappa shape index (κ3) is 2.53. The van der Waals surface area contributed by atoms with E-state index >= 15 is 0 Å². The Hall–Kier alpha value is -0.600. The standard InChI is InChI=1S/C21H34O2/c1-5-19(3)10-9-17-15(11-19)7-8-18-20(17,4)12-16(23)13-21(18,6-2)14-22/h5,11,16-18,22-23H,1,6-10,12-14H2,2-4H3/t16-,17+,18-,19+,20-,21-/m1/s1. The van der Waals surface area contributed by atoms with Gasteiger partial charge in [-0.15, -0.1) is 6.58 Å². The molecule has 3 aliphatic carbocycles. The van der Waals surface area contributed by atoms with Crippen molar-refractivity contribution < 1.29 is 10.2 Å². The molecule has 23 heavy (non-hydrogen) atoms. The van der Waals surface area contributed by atoms with Crippen LogP contribution in [0, 0.1) is 28.1 Å². The van der Waals surface area contributed by atoms with Gasteiger partial charge in [-0.05, 0) is 67.6 Å². The summed E-state index contributed by atoms with van der Waals surface area (Å²) in [5, 5.41) is 20.8. The van der Waals surface area contributed by atoms with E-state index in [2.05, 4.69) is 39.5 Å².